The number of cyclic esters (lactones) is 2. The van der Waals surface area contributed by atoms with Gasteiger partial charge in [-0.05, 0) is 12.1 Å². The molecule has 0 atom stereocenters. The normalized spacial score (nSPS) is 16.2. The summed E-state index contributed by atoms with van der Waals surface area (Å²) in [6.45, 7) is 2.75. The maximum absolute atomic E-state index is 11.8. The lowest BCUT2D eigenvalue weighted by Gasteiger charge is -2.29. The smallest absolute Gasteiger partial charge is 0.350 e. The summed E-state index contributed by atoms with van der Waals surface area (Å²) in [6.07, 6.45) is 1.24. The Morgan fingerprint density at radius 1 is 1.16 bits per heavy atom. The minimum Gasteiger partial charge on any atom is -0.419 e. The second-order valence-corrected chi connectivity index (χ2v) is 5.80. The van der Waals surface area contributed by atoms with Crippen LogP contribution in [0.25, 0.3) is 11.3 Å². The number of hydrogen-bond donors (Lipinski definition) is 2. The Balaban J connectivity index is 1.71. The van der Waals surface area contributed by atoms with E-state index in [2.05, 4.69) is 10.5 Å². The number of aromatic nitrogens is 1. The minimum absolute atomic E-state index is 0.215. The Morgan fingerprint density at radius 2 is 1.80 bits per heavy atom. The van der Waals surface area contributed by atoms with Crippen molar-refractivity contribution in [1.29, 1.82) is 0 Å². The van der Waals surface area contributed by atoms with E-state index in [0.717, 1.165) is 5.56 Å². The van der Waals surface area contributed by atoms with Crippen LogP contribution in [0.15, 0.2) is 46.6 Å². The SMILES string of the molecule is CC1(C)OC(=O)C(=CNc2ccc(-c3cc(CO)on3)cc2)C(=O)O1. The first-order chi connectivity index (χ1) is 11.9. The third-order valence-corrected chi connectivity index (χ3v) is 3.40. The highest BCUT2D eigenvalue weighted by Crippen LogP contribution is 2.24. The third-order valence-electron chi connectivity index (χ3n) is 3.40. The molecule has 1 aliphatic heterocycles. The fraction of sp³-hybridized carbons (Fsp3) is 0.235. The number of aliphatic hydroxyl groups is 1. The van der Waals surface area contributed by atoms with Crippen LogP contribution < -0.4 is 5.32 Å². The molecule has 1 aliphatic rings. The number of nitrogens with zero attached hydrogens (tertiary/aromatic N) is 1. The summed E-state index contributed by atoms with van der Waals surface area (Å²) in [5.74, 6) is -2.38. The molecule has 1 aromatic heterocycles. The number of carbonyl (C=O) groups excluding carboxylic acids is 2. The first-order valence-electron chi connectivity index (χ1n) is 7.48. The zero-order valence-electron chi connectivity index (χ0n) is 13.6. The van der Waals surface area contributed by atoms with Gasteiger partial charge >= 0.3 is 11.9 Å². The molecule has 8 heteroatoms. The van der Waals surface area contributed by atoms with E-state index in [-0.39, 0.29) is 12.2 Å². The van der Waals surface area contributed by atoms with Crippen LogP contribution in [0.4, 0.5) is 5.69 Å². The van der Waals surface area contributed by atoms with Crippen molar-refractivity contribution in [2.45, 2.75) is 26.2 Å². The van der Waals surface area contributed by atoms with Gasteiger partial charge in [0.1, 0.15) is 12.3 Å². The molecule has 1 aromatic carbocycles. The molecule has 2 aromatic rings. The van der Waals surface area contributed by atoms with Gasteiger partial charge in [-0.25, -0.2) is 9.59 Å². The van der Waals surface area contributed by atoms with Crippen molar-refractivity contribution in [1.82, 2.24) is 5.16 Å². The second kappa shape index (κ2) is 6.40. The van der Waals surface area contributed by atoms with E-state index >= 15 is 0 Å². The van der Waals surface area contributed by atoms with Crippen LogP contribution in [-0.4, -0.2) is 28.0 Å². The van der Waals surface area contributed by atoms with E-state index in [1.807, 2.05) is 0 Å². The van der Waals surface area contributed by atoms with Crippen molar-refractivity contribution < 1.29 is 28.7 Å². The van der Waals surface area contributed by atoms with Crippen LogP contribution in [0.3, 0.4) is 0 Å². The Labute approximate surface area is 143 Å². The molecular weight excluding hydrogens is 328 g/mol. The van der Waals surface area contributed by atoms with E-state index in [1.165, 1.54) is 20.0 Å². The van der Waals surface area contributed by atoms with E-state index < -0.39 is 17.7 Å². The quantitative estimate of drug-likeness (QED) is 0.492. The molecule has 130 valence electrons. The van der Waals surface area contributed by atoms with Crippen LogP contribution in [0.5, 0.6) is 0 Å². The first kappa shape index (κ1) is 16.7. The van der Waals surface area contributed by atoms with Gasteiger partial charge in [-0.15, -0.1) is 0 Å². The van der Waals surface area contributed by atoms with Gasteiger partial charge in [0.2, 0.25) is 0 Å². The van der Waals surface area contributed by atoms with Gasteiger partial charge in [-0.3, -0.25) is 0 Å². The van der Waals surface area contributed by atoms with Crippen molar-refractivity contribution in [2.24, 2.45) is 0 Å². The summed E-state index contributed by atoms with van der Waals surface area (Å²) >= 11 is 0. The predicted molar refractivity (Wildman–Crippen MR) is 85.8 cm³/mol. The fourth-order valence-corrected chi connectivity index (χ4v) is 2.19. The van der Waals surface area contributed by atoms with Gasteiger partial charge in [0.15, 0.2) is 11.3 Å². The number of ether oxygens (including phenoxy) is 2. The van der Waals surface area contributed by atoms with Crippen molar-refractivity contribution in [2.75, 3.05) is 5.32 Å². The molecule has 8 nitrogen and oxygen atoms in total. The Kier molecular flexibility index (Phi) is 4.28. The van der Waals surface area contributed by atoms with Crippen LogP contribution in [-0.2, 0) is 25.7 Å². The number of benzene rings is 1. The van der Waals surface area contributed by atoms with Gasteiger partial charge in [-0.1, -0.05) is 17.3 Å². The summed E-state index contributed by atoms with van der Waals surface area (Å²) in [5, 5.41) is 15.7. The number of aliphatic hydroxyl groups excluding tert-OH is 1. The zero-order valence-corrected chi connectivity index (χ0v) is 13.6. The summed E-state index contributed by atoms with van der Waals surface area (Å²) in [7, 11) is 0. The van der Waals surface area contributed by atoms with Crippen molar-refractivity contribution in [3.05, 3.63) is 47.9 Å². The second-order valence-electron chi connectivity index (χ2n) is 5.80. The maximum atomic E-state index is 11.8. The number of anilines is 1. The predicted octanol–water partition coefficient (Wildman–Crippen LogP) is 1.97. The lowest BCUT2D eigenvalue weighted by molar-refractivity contribution is -0.222. The van der Waals surface area contributed by atoms with Gasteiger partial charge in [0.05, 0.1) is 0 Å². The van der Waals surface area contributed by atoms with Crippen LogP contribution >= 0.6 is 0 Å². The number of rotatable bonds is 4. The van der Waals surface area contributed by atoms with Gasteiger partial charge < -0.3 is 24.4 Å². The largest absolute Gasteiger partial charge is 0.419 e. The molecule has 0 saturated carbocycles. The summed E-state index contributed by atoms with van der Waals surface area (Å²) in [6, 6.07) is 8.67. The van der Waals surface area contributed by atoms with Gasteiger partial charge in [0, 0.05) is 37.4 Å². The Bertz CT molecular complexity index is 813. The number of esters is 2. The lowest BCUT2D eigenvalue weighted by Crippen LogP contribution is -2.42. The monoisotopic (exact) mass is 344 g/mol. The van der Waals surface area contributed by atoms with E-state index in [1.54, 1.807) is 30.3 Å². The number of carbonyl (C=O) groups is 2. The highest BCUT2D eigenvalue weighted by Gasteiger charge is 2.38. The summed E-state index contributed by atoms with van der Waals surface area (Å²) in [4.78, 5) is 23.7. The molecule has 0 aliphatic carbocycles. The maximum Gasteiger partial charge on any atom is 0.350 e. The van der Waals surface area contributed by atoms with E-state index in [9.17, 15) is 9.59 Å². The molecule has 0 bridgehead atoms. The lowest BCUT2D eigenvalue weighted by atomic mass is 10.1. The summed E-state index contributed by atoms with van der Waals surface area (Å²) < 4.78 is 14.9. The zero-order chi connectivity index (χ0) is 18.0. The molecule has 25 heavy (non-hydrogen) atoms. The Morgan fingerprint density at radius 3 is 2.36 bits per heavy atom. The molecule has 2 N–H and O–H groups in total. The van der Waals surface area contributed by atoms with Crippen LogP contribution in [0.1, 0.15) is 19.6 Å². The third kappa shape index (κ3) is 3.69. The van der Waals surface area contributed by atoms with Gasteiger partial charge in [0.25, 0.3) is 5.79 Å². The molecular formula is C17H16N2O6. The Hall–Kier alpha value is -3.13. The molecule has 0 amide bonds. The molecule has 0 radical (unpaired) electrons. The fourth-order valence-electron chi connectivity index (χ4n) is 2.19. The topological polar surface area (TPSA) is 111 Å². The average Bonchev–Trinajstić information content (AvgIpc) is 3.02. The van der Waals surface area contributed by atoms with Crippen molar-refractivity contribution >= 4 is 17.6 Å². The van der Waals surface area contributed by atoms with Gasteiger partial charge in [-0.2, -0.15) is 0 Å². The van der Waals surface area contributed by atoms with Crippen LogP contribution in [0, 0.1) is 0 Å². The standard InChI is InChI=1S/C17H16N2O6/c1-17(2)23-15(21)13(16(22)24-17)8-18-11-5-3-10(4-6-11)14-7-12(9-20)25-19-14/h3-8,18,20H,9H2,1-2H3. The summed E-state index contributed by atoms with van der Waals surface area (Å²) in [5.41, 5.74) is 1.82. The number of hydrogen-bond acceptors (Lipinski definition) is 8. The molecule has 0 unspecified atom stereocenters. The molecule has 2 heterocycles. The highest BCUT2D eigenvalue weighted by atomic mass is 16.7. The first-order valence-corrected chi connectivity index (χ1v) is 7.48. The highest BCUT2D eigenvalue weighted by molar-refractivity contribution is 6.15. The van der Waals surface area contributed by atoms with Crippen molar-refractivity contribution in [3.8, 4) is 11.3 Å². The number of nitrogens with one attached hydrogen (secondary N) is 1. The molecule has 0 spiro atoms. The van der Waals surface area contributed by atoms with Crippen LogP contribution in [0.2, 0.25) is 0 Å². The van der Waals surface area contributed by atoms with Crippen molar-refractivity contribution in [3.63, 3.8) is 0 Å². The molecule has 3 rings (SSSR count). The molecule has 1 saturated heterocycles. The van der Waals surface area contributed by atoms with E-state index in [0.29, 0.717) is 17.1 Å². The molecule has 1 fully saturated rings. The van der Waals surface area contributed by atoms with E-state index in [4.69, 9.17) is 19.1 Å². The minimum atomic E-state index is -1.27. The average molecular weight is 344 g/mol.